The van der Waals surface area contributed by atoms with Gasteiger partial charge in [0.25, 0.3) is 0 Å². The molecule has 4 heteroatoms. The van der Waals surface area contributed by atoms with Crippen LogP contribution in [0.5, 0.6) is 0 Å². The Morgan fingerprint density at radius 1 is 0.464 bits per heavy atom. The molecule has 0 aliphatic heterocycles. The van der Waals surface area contributed by atoms with Crippen LogP contribution in [-0.2, 0) is 9.68 Å². The first kappa shape index (κ1) is 27.8. The number of nitrogens with zero attached hydrogens (tertiary/aromatic N) is 1. The minimum atomic E-state index is -0.939. The van der Waals surface area contributed by atoms with Crippen LogP contribution in [0.3, 0.4) is 0 Å². The molecule has 0 saturated carbocycles. The topological polar surface area (TPSA) is 41.5 Å². The molecular weight excluding hydrogens is 350 g/mol. The monoisotopic (exact) mass is 401 g/mol. The molecule has 0 bridgehead atoms. The van der Waals surface area contributed by atoms with Crippen LogP contribution >= 0.6 is 0 Å². The maximum Gasteiger partial charge on any atom is 0.142 e. The second-order valence-corrected chi connectivity index (χ2v) is 8.18. The summed E-state index contributed by atoms with van der Waals surface area (Å²) in [6.07, 6.45) is 24.3. The third-order valence-electron chi connectivity index (χ3n) is 5.44. The Morgan fingerprint density at radius 2 is 0.750 bits per heavy atom. The van der Waals surface area contributed by atoms with Crippen LogP contribution in [0.25, 0.3) is 0 Å². The molecule has 0 aromatic carbocycles. The molecule has 0 unspecified atom stereocenters. The largest absolute Gasteiger partial charge is 0.564 e. The molecule has 0 atom stereocenters. The Kier molecular flexibility index (Phi) is 21.4. The molecule has 170 valence electrons. The molecule has 0 aliphatic rings. The predicted molar refractivity (Wildman–Crippen MR) is 121 cm³/mol. The van der Waals surface area contributed by atoms with E-state index < -0.39 is 4.97 Å². The Labute approximate surface area is 176 Å². The molecule has 0 saturated heterocycles. The van der Waals surface area contributed by atoms with E-state index in [0.29, 0.717) is 19.8 Å². The number of hydrogen-bond donors (Lipinski definition) is 0. The highest BCUT2D eigenvalue weighted by Gasteiger charge is 2.18. The maximum atomic E-state index is 12.2. The molecule has 28 heavy (non-hydrogen) atoms. The molecular formula is C24H51NO3. The lowest BCUT2D eigenvalue weighted by atomic mass is 10.0. The van der Waals surface area contributed by atoms with E-state index in [1.54, 1.807) is 0 Å². The van der Waals surface area contributed by atoms with Gasteiger partial charge in [-0.05, 0) is 20.3 Å². The zero-order chi connectivity index (χ0) is 20.8. The Morgan fingerprint density at radius 3 is 1.04 bits per heavy atom. The molecule has 0 N–H and O–H groups in total. The zero-order valence-corrected chi connectivity index (χ0v) is 19.5. The summed E-state index contributed by atoms with van der Waals surface area (Å²) in [4.78, 5) is 9.39. The van der Waals surface area contributed by atoms with Crippen molar-refractivity contribution in [3.63, 3.8) is 0 Å². The van der Waals surface area contributed by atoms with Crippen LogP contribution in [0.1, 0.15) is 136 Å². The lowest BCUT2D eigenvalue weighted by Crippen LogP contribution is -2.42. The summed E-state index contributed by atoms with van der Waals surface area (Å²) in [5.74, 6) is 0. The van der Waals surface area contributed by atoms with Crippen molar-refractivity contribution in [1.29, 1.82) is 0 Å². The minimum absolute atomic E-state index is 0.391. The van der Waals surface area contributed by atoms with Gasteiger partial charge in [0.1, 0.15) is 19.8 Å². The van der Waals surface area contributed by atoms with Crippen LogP contribution in [0, 0.1) is 5.21 Å². The highest BCUT2D eigenvalue weighted by molar-refractivity contribution is 4.50. The van der Waals surface area contributed by atoms with E-state index in [9.17, 15) is 5.21 Å². The fourth-order valence-corrected chi connectivity index (χ4v) is 3.77. The van der Waals surface area contributed by atoms with E-state index in [0.717, 1.165) is 12.8 Å². The van der Waals surface area contributed by atoms with Crippen LogP contribution < -0.4 is 0 Å². The third-order valence-corrected chi connectivity index (χ3v) is 5.44. The summed E-state index contributed by atoms with van der Waals surface area (Å²) in [7, 11) is 0. The quantitative estimate of drug-likeness (QED) is 0.0983. The number of hydrogen-bond acceptors (Lipinski definition) is 3. The molecule has 0 radical (unpaired) electrons. The Bertz CT molecular complexity index is 294. The summed E-state index contributed by atoms with van der Waals surface area (Å²) in [6.45, 7) is 7.14. The van der Waals surface area contributed by atoms with E-state index in [1.165, 1.54) is 103 Å². The summed E-state index contributed by atoms with van der Waals surface area (Å²) in [5.41, 5.74) is 0. The standard InChI is InChI=1S/C24H51NO3/c1-4-7-8-9-10-11-12-13-14-15-16-17-18-19-20-21-22-23-24-25(26,27-5-2)28-6-3/h4-24H2,1-3H3. The fourth-order valence-electron chi connectivity index (χ4n) is 3.77. The first-order valence-electron chi connectivity index (χ1n) is 12.6. The van der Waals surface area contributed by atoms with Gasteiger partial charge in [0, 0.05) is 6.42 Å². The summed E-state index contributed by atoms with van der Waals surface area (Å²) in [5, 5.41) is 12.2. The Balaban J connectivity index is 3.23. The van der Waals surface area contributed by atoms with Gasteiger partial charge in [-0.3, -0.25) is 0 Å². The van der Waals surface area contributed by atoms with Crippen molar-refractivity contribution in [1.82, 2.24) is 0 Å². The number of rotatable bonds is 23. The molecule has 4 nitrogen and oxygen atoms in total. The number of hydroxylamine groups is 3. The van der Waals surface area contributed by atoms with Crippen LogP contribution in [0.2, 0.25) is 0 Å². The lowest BCUT2D eigenvalue weighted by molar-refractivity contribution is -1.21. The van der Waals surface area contributed by atoms with Gasteiger partial charge in [-0.1, -0.05) is 115 Å². The lowest BCUT2D eigenvalue weighted by Gasteiger charge is -2.34. The van der Waals surface area contributed by atoms with Gasteiger partial charge < -0.3 is 5.21 Å². The second kappa shape index (κ2) is 21.5. The molecule has 0 aliphatic carbocycles. The SMILES string of the molecule is CCCCCCCCCCCCCCCCCCCC[N+]([O-])(OCC)OCC. The normalized spacial score (nSPS) is 12.0. The minimum Gasteiger partial charge on any atom is -0.564 e. The zero-order valence-electron chi connectivity index (χ0n) is 19.5. The van der Waals surface area contributed by atoms with Crippen molar-refractivity contribution < 1.29 is 14.6 Å². The second-order valence-electron chi connectivity index (χ2n) is 8.18. The number of unbranched alkanes of at least 4 members (excludes halogenated alkanes) is 17. The molecule has 0 fully saturated rings. The summed E-state index contributed by atoms with van der Waals surface area (Å²) < 4.78 is 0. The van der Waals surface area contributed by atoms with Crippen LogP contribution in [0.4, 0.5) is 0 Å². The van der Waals surface area contributed by atoms with Gasteiger partial charge in [-0.15, -0.1) is 0 Å². The van der Waals surface area contributed by atoms with Crippen LogP contribution in [-0.4, -0.2) is 24.7 Å². The van der Waals surface area contributed by atoms with Gasteiger partial charge in [0.15, 0.2) is 0 Å². The van der Waals surface area contributed by atoms with Gasteiger partial charge in [-0.25, -0.2) is 0 Å². The van der Waals surface area contributed by atoms with Crippen molar-refractivity contribution in [3.8, 4) is 0 Å². The van der Waals surface area contributed by atoms with Crippen molar-refractivity contribution >= 4 is 0 Å². The molecule has 0 aromatic heterocycles. The summed E-state index contributed by atoms with van der Waals surface area (Å²) >= 11 is 0. The van der Waals surface area contributed by atoms with Gasteiger partial charge in [0.05, 0.1) is 0 Å². The predicted octanol–water partition coefficient (Wildman–Crippen LogP) is 8.25. The molecule has 0 rings (SSSR count). The van der Waals surface area contributed by atoms with Gasteiger partial charge >= 0.3 is 0 Å². The molecule has 0 amide bonds. The van der Waals surface area contributed by atoms with E-state index in [1.807, 2.05) is 13.8 Å². The average molecular weight is 402 g/mol. The van der Waals surface area contributed by atoms with Gasteiger partial charge in [0.2, 0.25) is 0 Å². The Hall–Kier alpha value is -0.160. The average Bonchev–Trinajstić information content (AvgIpc) is 2.67. The van der Waals surface area contributed by atoms with Crippen molar-refractivity contribution in [2.45, 2.75) is 136 Å². The van der Waals surface area contributed by atoms with Crippen molar-refractivity contribution in [3.05, 3.63) is 5.21 Å². The van der Waals surface area contributed by atoms with Crippen molar-refractivity contribution in [2.75, 3.05) is 19.8 Å². The van der Waals surface area contributed by atoms with Crippen LogP contribution in [0.15, 0.2) is 0 Å². The van der Waals surface area contributed by atoms with E-state index in [4.69, 9.17) is 9.68 Å². The molecule has 0 aromatic rings. The smallest absolute Gasteiger partial charge is 0.142 e. The summed E-state index contributed by atoms with van der Waals surface area (Å²) in [6, 6.07) is 0. The van der Waals surface area contributed by atoms with E-state index >= 15 is 0 Å². The fraction of sp³-hybridized carbons (Fsp3) is 1.00. The molecule has 0 heterocycles. The van der Waals surface area contributed by atoms with Gasteiger partial charge in [-0.2, -0.15) is 9.68 Å². The molecule has 0 spiro atoms. The van der Waals surface area contributed by atoms with Crippen molar-refractivity contribution in [2.24, 2.45) is 0 Å². The first-order chi connectivity index (χ1) is 13.7. The number of quaternary nitrogens is 1. The third kappa shape index (κ3) is 19.2. The maximum absolute atomic E-state index is 12.2. The van der Waals surface area contributed by atoms with E-state index in [-0.39, 0.29) is 0 Å². The first-order valence-corrected chi connectivity index (χ1v) is 12.6. The highest BCUT2D eigenvalue weighted by atomic mass is 17.2. The highest BCUT2D eigenvalue weighted by Crippen LogP contribution is 2.15. The van der Waals surface area contributed by atoms with E-state index in [2.05, 4.69) is 6.92 Å².